The molecular formula is C23H26N2O6S. The van der Waals surface area contributed by atoms with Crippen molar-refractivity contribution in [2.45, 2.75) is 31.3 Å². The Bertz CT molecular complexity index is 995. The average Bonchev–Trinajstić information content (AvgIpc) is 3.04. The summed E-state index contributed by atoms with van der Waals surface area (Å²) < 4.78 is 16.7. The topological polar surface area (TPSA) is 122 Å². The third-order valence-corrected chi connectivity index (χ3v) is 6.17. The Kier molecular flexibility index (Phi) is 7.63. The molecule has 8 nitrogen and oxygen atoms in total. The number of aliphatic carboxylic acids is 1. The van der Waals surface area contributed by atoms with Gasteiger partial charge in [-0.2, -0.15) is 0 Å². The molecule has 3 unspecified atom stereocenters. The van der Waals surface area contributed by atoms with E-state index in [1.54, 1.807) is 6.92 Å². The Morgan fingerprint density at radius 1 is 1.03 bits per heavy atom. The predicted molar refractivity (Wildman–Crippen MR) is 121 cm³/mol. The first-order chi connectivity index (χ1) is 15.3. The van der Waals surface area contributed by atoms with E-state index in [0.717, 1.165) is 22.3 Å². The Labute approximate surface area is 188 Å². The van der Waals surface area contributed by atoms with Crippen LogP contribution in [0.4, 0.5) is 4.79 Å². The summed E-state index contributed by atoms with van der Waals surface area (Å²) in [4.78, 5) is 36.1. The minimum Gasteiger partial charge on any atom is -0.481 e. The van der Waals surface area contributed by atoms with E-state index in [1.165, 1.54) is 6.26 Å². The van der Waals surface area contributed by atoms with Crippen LogP contribution in [0, 0.1) is 0 Å². The summed E-state index contributed by atoms with van der Waals surface area (Å²) >= 11 is 0. The molecule has 3 N–H and O–H groups in total. The van der Waals surface area contributed by atoms with Crippen molar-refractivity contribution in [2.24, 2.45) is 0 Å². The third-order valence-electron chi connectivity index (χ3n) is 5.20. The first kappa shape index (κ1) is 23.5. The Hall–Kier alpha value is -3.20. The molecule has 0 aromatic heterocycles. The average molecular weight is 459 g/mol. The van der Waals surface area contributed by atoms with Crippen molar-refractivity contribution < 1.29 is 28.4 Å². The second-order valence-corrected chi connectivity index (χ2v) is 9.25. The van der Waals surface area contributed by atoms with Gasteiger partial charge < -0.3 is 20.5 Å². The number of carbonyl (C=O) groups is 3. The van der Waals surface area contributed by atoms with E-state index in [9.17, 15) is 18.6 Å². The standard InChI is InChI=1S/C23H26N2O6S/c1-14(13-32(2)30)24-22(28)20(11-21(26)27)25-23(29)31-12-19-17-9-5-3-7-15(17)16-8-4-6-10-18(16)19/h3-10,14,19-20H,11-13H2,1-2H3,(H,24,28)(H,25,29)(H,26,27). The van der Waals surface area contributed by atoms with Gasteiger partial charge in [0.1, 0.15) is 12.6 Å². The molecule has 1 aliphatic rings. The lowest BCUT2D eigenvalue weighted by molar-refractivity contribution is -0.139. The highest BCUT2D eigenvalue weighted by molar-refractivity contribution is 7.84. The van der Waals surface area contributed by atoms with E-state index in [4.69, 9.17) is 9.84 Å². The predicted octanol–water partition coefficient (Wildman–Crippen LogP) is 2.25. The van der Waals surface area contributed by atoms with Crippen molar-refractivity contribution in [2.75, 3.05) is 18.6 Å². The third kappa shape index (κ3) is 5.73. The monoisotopic (exact) mass is 458 g/mol. The quantitative estimate of drug-likeness (QED) is 0.530. The summed E-state index contributed by atoms with van der Waals surface area (Å²) in [5.41, 5.74) is 4.26. The van der Waals surface area contributed by atoms with Crippen LogP contribution >= 0.6 is 0 Å². The number of amides is 2. The summed E-state index contributed by atoms with van der Waals surface area (Å²) in [7, 11) is -1.13. The highest BCUT2D eigenvalue weighted by atomic mass is 32.2. The zero-order chi connectivity index (χ0) is 23.3. The van der Waals surface area contributed by atoms with Crippen LogP contribution in [0.25, 0.3) is 11.1 Å². The molecule has 1 aliphatic carbocycles. The SMILES string of the molecule is CC(CS(C)=O)NC(=O)C(CC(=O)O)NC(=O)OCC1c2ccccc2-c2ccccc21. The van der Waals surface area contributed by atoms with Crippen molar-refractivity contribution in [3.8, 4) is 11.1 Å². The molecule has 32 heavy (non-hydrogen) atoms. The van der Waals surface area contributed by atoms with Gasteiger partial charge in [-0.05, 0) is 29.2 Å². The number of rotatable bonds is 9. The molecule has 0 bridgehead atoms. The lowest BCUT2D eigenvalue weighted by Crippen LogP contribution is -2.51. The lowest BCUT2D eigenvalue weighted by atomic mass is 9.98. The van der Waals surface area contributed by atoms with Gasteiger partial charge in [0.05, 0.1) is 6.42 Å². The van der Waals surface area contributed by atoms with Gasteiger partial charge in [0.2, 0.25) is 5.91 Å². The Balaban J connectivity index is 1.65. The van der Waals surface area contributed by atoms with Crippen LogP contribution < -0.4 is 10.6 Å². The molecule has 2 aromatic rings. The number of hydrogen-bond donors (Lipinski definition) is 3. The van der Waals surface area contributed by atoms with Crippen LogP contribution in [0.3, 0.4) is 0 Å². The number of nitrogens with one attached hydrogen (secondary N) is 2. The number of ether oxygens (including phenoxy) is 1. The fraction of sp³-hybridized carbons (Fsp3) is 0.348. The second-order valence-electron chi connectivity index (χ2n) is 7.77. The number of fused-ring (bicyclic) bond motifs is 3. The summed E-state index contributed by atoms with van der Waals surface area (Å²) in [5, 5.41) is 14.1. The zero-order valence-electron chi connectivity index (χ0n) is 17.9. The summed E-state index contributed by atoms with van der Waals surface area (Å²) in [5.74, 6) is -1.84. The molecule has 170 valence electrons. The molecule has 0 heterocycles. The summed E-state index contributed by atoms with van der Waals surface area (Å²) in [6.07, 6.45) is 0.0320. The van der Waals surface area contributed by atoms with Crippen molar-refractivity contribution in [1.82, 2.24) is 10.6 Å². The van der Waals surface area contributed by atoms with Crippen LogP contribution in [-0.4, -0.2) is 58.0 Å². The van der Waals surface area contributed by atoms with Gasteiger partial charge in [0, 0.05) is 34.8 Å². The summed E-state index contributed by atoms with van der Waals surface area (Å²) in [6, 6.07) is 14.0. The molecule has 3 rings (SSSR count). The maximum Gasteiger partial charge on any atom is 0.407 e. The molecule has 0 saturated heterocycles. The van der Waals surface area contributed by atoms with Gasteiger partial charge in [0.25, 0.3) is 0 Å². The van der Waals surface area contributed by atoms with E-state index >= 15 is 0 Å². The van der Waals surface area contributed by atoms with Crippen molar-refractivity contribution in [1.29, 1.82) is 0 Å². The maximum atomic E-state index is 12.5. The fourth-order valence-corrected chi connectivity index (χ4v) is 4.69. The van der Waals surface area contributed by atoms with E-state index in [2.05, 4.69) is 10.6 Å². The lowest BCUT2D eigenvalue weighted by Gasteiger charge is -2.20. The van der Waals surface area contributed by atoms with E-state index in [0.29, 0.717) is 0 Å². The first-order valence-corrected chi connectivity index (χ1v) is 11.9. The zero-order valence-corrected chi connectivity index (χ0v) is 18.7. The molecule has 2 amide bonds. The Morgan fingerprint density at radius 3 is 2.12 bits per heavy atom. The van der Waals surface area contributed by atoms with Gasteiger partial charge in [-0.25, -0.2) is 4.79 Å². The molecule has 0 fully saturated rings. The number of carbonyl (C=O) groups excluding carboxylic acids is 2. The maximum absolute atomic E-state index is 12.5. The number of carboxylic acid groups (broad SMARTS) is 1. The van der Waals surface area contributed by atoms with Crippen LogP contribution in [0.5, 0.6) is 0 Å². The largest absolute Gasteiger partial charge is 0.481 e. The minimum atomic E-state index is -1.31. The van der Waals surface area contributed by atoms with Crippen LogP contribution in [-0.2, 0) is 25.1 Å². The number of benzene rings is 2. The summed E-state index contributed by atoms with van der Waals surface area (Å²) in [6.45, 7) is 1.71. The minimum absolute atomic E-state index is 0.0481. The Morgan fingerprint density at radius 2 is 1.59 bits per heavy atom. The smallest absolute Gasteiger partial charge is 0.407 e. The van der Waals surface area contributed by atoms with E-state index in [1.807, 2.05) is 48.5 Å². The number of carboxylic acids is 1. The van der Waals surface area contributed by atoms with Crippen LogP contribution in [0.1, 0.15) is 30.4 Å². The van der Waals surface area contributed by atoms with Gasteiger partial charge in [-0.15, -0.1) is 0 Å². The molecule has 9 heteroatoms. The number of alkyl carbamates (subject to hydrolysis) is 1. The van der Waals surface area contributed by atoms with Gasteiger partial charge in [-0.1, -0.05) is 48.5 Å². The molecule has 0 aliphatic heterocycles. The van der Waals surface area contributed by atoms with Crippen molar-refractivity contribution in [3.63, 3.8) is 0 Å². The first-order valence-electron chi connectivity index (χ1n) is 10.2. The number of hydrogen-bond acceptors (Lipinski definition) is 5. The molecular weight excluding hydrogens is 432 g/mol. The van der Waals surface area contributed by atoms with Crippen LogP contribution in [0.15, 0.2) is 48.5 Å². The van der Waals surface area contributed by atoms with Gasteiger partial charge in [0.15, 0.2) is 0 Å². The fourth-order valence-electron chi connectivity index (χ4n) is 3.90. The highest BCUT2D eigenvalue weighted by Crippen LogP contribution is 2.44. The van der Waals surface area contributed by atoms with Gasteiger partial charge >= 0.3 is 12.1 Å². The van der Waals surface area contributed by atoms with E-state index < -0.39 is 47.3 Å². The molecule has 0 radical (unpaired) electrons. The van der Waals surface area contributed by atoms with Crippen molar-refractivity contribution in [3.05, 3.63) is 59.7 Å². The molecule has 0 saturated carbocycles. The van der Waals surface area contributed by atoms with Crippen molar-refractivity contribution >= 4 is 28.8 Å². The molecule has 3 atom stereocenters. The van der Waals surface area contributed by atoms with E-state index in [-0.39, 0.29) is 18.3 Å². The van der Waals surface area contributed by atoms with Gasteiger partial charge in [-0.3, -0.25) is 13.8 Å². The second kappa shape index (κ2) is 10.4. The molecule has 2 aromatic carbocycles. The molecule has 0 spiro atoms. The highest BCUT2D eigenvalue weighted by Gasteiger charge is 2.30. The van der Waals surface area contributed by atoms with Crippen LogP contribution in [0.2, 0.25) is 0 Å². The normalized spacial score (nSPS) is 15.1.